The molecule has 0 saturated heterocycles. The van der Waals surface area contributed by atoms with Gasteiger partial charge in [0.15, 0.2) is 5.16 Å². The Balaban J connectivity index is 2.93. The molecule has 0 bridgehead atoms. The number of hydrogen-bond donors (Lipinski definition) is 0. The van der Waals surface area contributed by atoms with Crippen LogP contribution in [0.4, 0.5) is 0 Å². The fraction of sp³-hybridized carbons (Fsp3) is 0.556. The SMILES string of the molecule is Cc1ccc([P+](=O)C(C)(C)C)s1. The van der Waals surface area contributed by atoms with E-state index in [-0.39, 0.29) is 5.16 Å². The fourth-order valence-corrected chi connectivity index (χ4v) is 3.92. The van der Waals surface area contributed by atoms with Crippen molar-refractivity contribution in [3.63, 3.8) is 0 Å². The molecule has 0 aromatic carbocycles. The van der Waals surface area contributed by atoms with Crippen LogP contribution in [0.5, 0.6) is 0 Å². The van der Waals surface area contributed by atoms with E-state index in [0.29, 0.717) is 0 Å². The van der Waals surface area contributed by atoms with Crippen LogP contribution < -0.4 is 4.62 Å². The minimum absolute atomic E-state index is 0.105. The van der Waals surface area contributed by atoms with E-state index in [1.54, 1.807) is 11.3 Å². The lowest BCUT2D eigenvalue weighted by atomic mass is 10.3. The first-order valence-corrected chi connectivity index (χ1v) is 6.02. The van der Waals surface area contributed by atoms with Crippen molar-refractivity contribution in [3.8, 4) is 0 Å². The normalized spacial score (nSPS) is 13.2. The molecular formula is C9H14OPS+. The summed E-state index contributed by atoms with van der Waals surface area (Å²) in [6.45, 7) is 8.09. The second kappa shape index (κ2) is 3.27. The van der Waals surface area contributed by atoms with Crippen LogP contribution in [0.1, 0.15) is 25.6 Å². The van der Waals surface area contributed by atoms with Crippen molar-refractivity contribution in [3.05, 3.63) is 17.0 Å². The Morgan fingerprint density at radius 2 is 1.92 bits per heavy atom. The molecule has 1 atom stereocenters. The Morgan fingerprint density at radius 3 is 2.25 bits per heavy atom. The van der Waals surface area contributed by atoms with Crippen LogP contribution in [0.25, 0.3) is 0 Å². The zero-order valence-corrected chi connectivity index (χ0v) is 9.63. The largest absolute Gasteiger partial charge is 0.393 e. The zero-order valence-electron chi connectivity index (χ0n) is 7.92. The molecule has 0 N–H and O–H groups in total. The van der Waals surface area contributed by atoms with Crippen LogP contribution in [0.3, 0.4) is 0 Å². The zero-order chi connectivity index (χ0) is 9.35. The second-order valence-corrected chi connectivity index (χ2v) is 7.85. The van der Waals surface area contributed by atoms with Gasteiger partial charge in [-0.3, -0.25) is 0 Å². The standard InChI is InChI=1S/C9H14OPS/c1-7-5-6-8(12-7)11(10)9(2,3)4/h5-6H,1-4H3/q+1. The Kier molecular flexibility index (Phi) is 2.70. The van der Waals surface area contributed by atoms with Crippen molar-refractivity contribution in [2.45, 2.75) is 32.9 Å². The molecule has 1 heterocycles. The van der Waals surface area contributed by atoms with Gasteiger partial charge in [0.2, 0.25) is 4.62 Å². The average Bonchev–Trinajstić information content (AvgIpc) is 2.32. The van der Waals surface area contributed by atoms with Gasteiger partial charge in [0.05, 0.1) is 0 Å². The van der Waals surface area contributed by atoms with Crippen molar-refractivity contribution >= 4 is 23.8 Å². The van der Waals surface area contributed by atoms with Gasteiger partial charge in [0, 0.05) is 10.9 Å². The van der Waals surface area contributed by atoms with E-state index < -0.39 is 7.80 Å². The highest BCUT2D eigenvalue weighted by molar-refractivity contribution is 7.62. The van der Waals surface area contributed by atoms with Gasteiger partial charge in [-0.1, -0.05) is 15.9 Å². The average molecular weight is 201 g/mol. The van der Waals surface area contributed by atoms with Gasteiger partial charge < -0.3 is 0 Å². The van der Waals surface area contributed by atoms with Gasteiger partial charge in [0.1, 0.15) is 0 Å². The Hall–Kier alpha value is -0.200. The summed E-state index contributed by atoms with van der Waals surface area (Å²) < 4.78 is 12.9. The number of aryl methyl sites for hydroxylation is 1. The molecular weight excluding hydrogens is 187 g/mol. The van der Waals surface area contributed by atoms with E-state index in [4.69, 9.17) is 0 Å². The van der Waals surface area contributed by atoms with E-state index in [1.807, 2.05) is 39.8 Å². The van der Waals surface area contributed by atoms with E-state index >= 15 is 0 Å². The quantitative estimate of drug-likeness (QED) is 0.637. The fourth-order valence-electron chi connectivity index (χ4n) is 0.861. The lowest BCUT2D eigenvalue weighted by molar-refractivity contribution is 0.572. The highest BCUT2D eigenvalue weighted by Gasteiger charge is 2.37. The highest BCUT2D eigenvalue weighted by atomic mass is 32.1. The Bertz CT molecular complexity index is 296. The summed E-state index contributed by atoms with van der Waals surface area (Å²) in [6, 6.07) is 4.00. The Labute approximate surface area is 78.6 Å². The first-order chi connectivity index (χ1) is 5.41. The predicted molar refractivity (Wildman–Crippen MR) is 56.0 cm³/mol. The van der Waals surface area contributed by atoms with Crippen LogP contribution in [-0.4, -0.2) is 5.16 Å². The topological polar surface area (TPSA) is 17.1 Å². The summed E-state index contributed by atoms with van der Waals surface area (Å²) in [7, 11) is -1.23. The summed E-state index contributed by atoms with van der Waals surface area (Å²) in [5.41, 5.74) is 0. The van der Waals surface area contributed by atoms with E-state index in [9.17, 15) is 4.57 Å². The summed E-state index contributed by atoms with van der Waals surface area (Å²) in [5.74, 6) is 0. The highest BCUT2D eigenvalue weighted by Crippen LogP contribution is 2.38. The summed E-state index contributed by atoms with van der Waals surface area (Å²) in [6.07, 6.45) is 0. The first-order valence-electron chi connectivity index (χ1n) is 3.95. The molecule has 0 saturated carbocycles. The maximum Gasteiger partial charge on any atom is 0.393 e. The van der Waals surface area contributed by atoms with Gasteiger partial charge in [0.25, 0.3) is 0 Å². The van der Waals surface area contributed by atoms with E-state index in [2.05, 4.69) is 0 Å². The van der Waals surface area contributed by atoms with E-state index in [1.165, 1.54) is 4.88 Å². The molecule has 1 nitrogen and oxygen atoms in total. The van der Waals surface area contributed by atoms with Crippen molar-refractivity contribution in [2.24, 2.45) is 0 Å². The molecule has 66 valence electrons. The van der Waals surface area contributed by atoms with Crippen molar-refractivity contribution in [1.29, 1.82) is 0 Å². The van der Waals surface area contributed by atoms with Crippen molar-refractivity contribution in [1.82, 2.24) is 0 Å². The molecule has 1 unspecified atom stereocenters. The van der Waals surface area contributed by atoms with Gasteiger partial charge in [-0.05, 0) is 33.8 Å². The summed E-state index contributed by atoms with van der Waals surface area (Å²) in [4.78, 5) is 1.23. The lowest BCUT2D eigenvalue weighted by Gasteiger charge is -2.01. The molecule has 0 fully saturated rings. The lowest BCUT2D eigenvalue weighted by Crippen LogP contribution is -2.12. The molecule has 12 heavy (non-hydrogen) atoms. The van der Waals surface area contributed by atoms with Crippen molar-refractivity contribution < 1.29 is 4.57 Å². The molecule has 0 radical (unpaired) electrons. The van der Waals surface area contributed by atoms with Crippen LogP contribution in [0, 0.1) is 6.92 Å². The smallest absolute Gasteiger partial charge is 0.0933 e. The molecule has 3 heteroatoms. The van der Waals surface area contributed by atoms with Crippen LogP contribution in [0.2, 0.25) is 0 Å². The number of thiophene rings is 1. The molecule has 1 rings (SSSR count). The monoisotopic (exact) mass is 201 g/mol. The maximum absolute atomic E-state index is 11.8. The third kappa shape index (κ3) is 2.15. The van der Waals surface area contributed by atoms with Gasteiger partial charge in [-0.25, -0.2) is 0 Å². The molecule has 0 aliphatic carbocycles. The van der Waals surface area contributed by atoms with Gasteiger partial charge in [-0.15, -0.1) is 0 Å². The number of rotatable bonds is 1. The third-order valence-electron chi connectivity index (χ3n) is 1.54. The summed E-state index contributed by atoms with van der Waals surface area (Å²) >= 11 is 1.64. The van der Waals surface area contributed by atoms with Crippen LogP contribution >= 0.6 is 19.1 Å². The Morgan fingerprint density at radius 1 is 1.33 bits per heavy atom. The van der Waals surface area contributed by atoms with E-state index in [0.717, 1.165) is 4.62 Å². The third-order valence-corrected chi connectivity index (χ3v) is 4.88. The molecule has 1 aromatic rings. The van der Waals surface area contributed by atoms with Crippen molar-refractivity contribution in [2.75, 3.05) is 0 Å². The van der Waals surface area contributed by atoms with Gasteiger partial charge in [-0.2, -0.15) is 0 Å². The minimum atomic E-state index is -1.23. The maximum atomic E-state index is 11.8. The number of hydrogen-bond acceptors (Lipinski definition) is 2. The minimum Gasteiger partial charge on any atom is -0.0933 e. The van der Waals surface area contributed by atoms with Gasteiger partial charge >= 0.3 is 7.80 Å². The van der Waals surface area contributed by atoms with Crippen LogP contribution in [-0.2, 0) is 4.57 Å². The molecule has 0 aliphatic rings. The molecule has 0 amide bonds. The first kappa shape index (κ1) is 9.88. The second-order valence-electron chi connectivity index (χ2n) is 3.85. The predicted octanol–water partition coefficient (Wildman–Crippen LogP) is 3.31. The van der Waals surface area contributed by atoms with Crippen LogP contribution in [0.15, 0.2) is 12.1 Å². The molecule has 0 aliphatic heterocycles. The summed E-state index contributed by atoms with van der Waals surface area (Å²) in [5, 5.41) is -0.105. The molecule has 0 spiro atoms. The molecule has 1 aromatic heterocycles.